The summed E-state index contributed by atoms with van der Waals surface area (Å²) in [6.45, 7) is 1.57. The fraction of sp³-hybridized carbons (Fsp3) is 0.389. The minimum atomic E-state index is -3.90. The van der Waals surface area contributed by atoms with Gasteiger partial charge in [-0.05, 0) is 31.3 Å². The van der Waals surface area contributed by atoms with Gasteiger partial charge in [0.2, 0.25) is 15.9 Å². The largest absolute Gasteiger partial charge is 0.468 e. The highest BCUT2D eigenvalue weighted by Gasteiger charge is 2.31. The number of piperazine rings is 1. The van der Waals surface area contributed by atoms with Crippen LogP contribution in [-0.2, 0) is 21.4 Å². The Kier molecular flexibility index (Phi) is 5.93. The molecule has 0 bridgehead atoms. The highest BCUT2D eigenvalue weighted by Crippen LogP contribution is 2.20. The van der Waals surface area contributed by atoms with Gasteiger partial charge in [0.25, 0.3) is 0 Å². The number of likely N-dealkylation sites (N-methyl/N-ethyl adjacent to an activating group) is 1. The molecule has 1 aliphatic heterocycles. The molecule has 27 heavy (non-hydrogen) atoms. The van der Waals surface area contributed by atoms with Crippen LogP contribution in [0.3, 0.4) is 0 Å². The normalized spacial score (nSPS) is 16.0. The molecule has 1 aromatic carbocycles. The number of rotatable bonds is 6. The lowest BCUT2D eigenvalue weighted by molar-refractivity contribution is -0.133. The minimum Gasteiger partial charge on any atom is -0.468 e. The number of hydrogen-bond donors (Lipinski definition) is 0. The van der Waals surface area contributed by atoms with E-state index in [1.807, 2.05) is 18.0 Å². The molecule has 1 aromatic heterocycles. The Hall–Kier alpha value is -2.23. The third-order valence-electron chi connectivity index (χ3n) is 4.46. The van der Waals surface area contributed by atoms with Crippen molar-refractivity contribution in [3.63, 3.8) is 0 Å². The molecule has 0 radical (unpaired) electrons. The van der Waals surface area contributed by atoms with Crippen LogP contribution >= 0.6 is 0 Å². The second kappa shape index (κ2) is 8.20. The maximum atomic E-state index is 13.9. The number of carbonyl (C=O) groups is 1. The standard InChI is InChI=1S/C18H22FN3O4S/c1-20(13-15-5-4-12-26-15)14-18(23)21-8-10-22(11-9-21)27(24,25)17-7-3-2-6-16(17)19/h2-7,12H,8-11,13-14H2,1H3. The maximum Gasteiger partial charge on any atom is 0.246 e. The van der Waals surface area contributed by atoms with Gasteiger partial charge in [-0.15, -0.1) is 0 Å². The quantitative estimate of drug-likeness (QED) is 0.739. The highest BCUT2D eigenvalue weighted by molar-refractivity contribution is 7.89. The van der Waals surface area contributed by atoms with E-state index in [1.165, 1.54) is 22.5 Å². The van der Waals surface area contributed by atoms with Gasteiger partial charge in [-0.1, -0.05) is 12.1 Å². The molecule has 9 heteroatoms. The zero-order chi connectivity index (χ0) is 19.4. The number of sulfonamides is 1. The summed E-state index contributed by atoms with van der Waals surface area (Å²) in [7, 11) is -2.08. The molecule has 0 unspecified atom stereocenters. The predicted octanol–water partition coefficient (Wildman–Crippen LogP) is 1.38. The molecule has 3 rings (SSSR count). The third-order valence-corrected chi connectivity index (χ3v) is 6.39. The van der Waals surface area contributed by atoms with Crippen LogP contribution in [0.15, 0.2) is 52.0 Å². The Labute approximate surface area is 158 Å². The molecule has 1 saturated heterocycles. The van der Waals surface area contributed by atoms with Crippen LogP contribution < -0.4 is 0 Å². The van der Waals surface area contributed by atoms with Gasteiger partial charge < -0.3 is 9.32 Å². The Morgan fingerprint density at radius 3 is 2.48 bits per heavy atom. The van der Waals surface area contributed by atoms with E-state index in [0.717, 1.165) is 11.8 Å². The highest BCUT2D eigenvalue weighted by atomic mass is 32.2. The topological polar surface area (TPSA) is 74.1 Å². The number of amides is 1. The number of carbonyl (C=O) groups excluding carboxylic acids is 1. The lowest BCUT2D eigenvalue weighted by Crippen LogP contribution is -2.52. The first-order chi connectivity index (χ1) is 12.9. The molecule has 146 valence electrons. The molecule has 0 spiro atoms. The molecule has 1 amide bonds. The SMILES string of the molecule is CN(CC(=O)N1CCN(S(=O)(=O)c2ccccc2F)CC1)Cc1ccco1. The van der Waals surface area contributed by atoms with E-state index in [-0.39, 0.29) is 43.5 Å². The second-order valence-electron chi connectivity index (χ2n) is 6.47. The van der Waals surface area contributed by atoms with Crippen molar-refractivity contribution < 1.29 is 22.0 Å². The molecule has 2 aromatic rings. The molecule has 1 fully saturated rings. The summed E-state index contributed by atoms with van der Waals surface area (Å²) in [5.74, 6) is -0.0753. The van der Waals surface area contributed by atoms with Crippen molar-refractivity contribution in [2.45, 2.75) is 11.4 Å². The van der Waals surface area contributed by atoms with Gasteiger partial charge in [0.1, 0.15) is 16.5 Å². The van der Waals surface area contributed by atoms with E-state index in [2.05, 4.69) is 0 Å². The van der Waals surface area contributed by atoms with E-state index in [1.54, 1.807) is 17.2 Å². The van der Waals surface area contributed by atoms with E-state index in [9.17, 15) is 17.6 Å². The number of benzene rings is 1. The average Bonchev–Trinajstić information content (AvgIpc) is 3.14. The molecule has 2 heterocycles. The molecule has 0 saturated carbocycles. The van der Waals surface area contributed by atoms with Gasteiger partial charge in [0, 0.05) is 26.2 Å². The third kappa shape index (κ3) is 4.55. The van der Waals surface area contributed by atoms with Gasteiger partial charge in [-0.3, -0.25) is 9.69 Å². The molecular weight excluding hydrogens is 373 g/mol. The van der Waals surface area contributed by atoms with Gasteiger partial charge in [-0.2, -0.15) is 4.31 Å². The summed E-state index contributed by atoms with van der Waals surface area (Å²) in [6, 6.07) is 8.95. The summed E-state index contributed by atoms with van der Waals surface area (Å²) in [4.78, 5) is 15.6. The van der Waals surface area contributed by atoms with E-state index in [4.69, 9.17) is 4.42 Å². The van der Waals surface area contributed by atoms with Crippen molar-refractivity contribution in [1.29, 1.82) is 0 Å². The van der Waals surface area contributed by atoms with Crippen molar-refractivity contribution in [2.24, 2.45) is 0 Å². The van der Waals surface area contributed by atoms with Crippen LogP contribution in [0.2, 0.25) is 0 Å². The zero-order valence-corrected chi connectivity index (χ0v) is 15.9. The first kappa shape index (κ1) is 19.5. The molecule has 1 aliphatic rings. The van der Waals surface area contributed by atoms with E-state index < -0.39 is 15.8 Å². The second-order valence-corrected chi connectivity index (χ2v) is 8.37. The summed E-state index contributed by atoms with van der Waals surface area (Å²) >= 11 is 0. The number of furan rings is 1. The number of hydrogen-bond acceptors (Lipinski definition) is 5. The number of halogens is 1. The van der Waals surface area contributed by atoms with Gasteiger partial charge in [0.15, 0.2) is 0 Å². The summed E-state index contributed by atoms with van der Waals surface area (Å²) in [5.41, 5.74) is 0. The Balaban J connectivity index is 1.55. The van der Waals surface area contributed by atoms with Crippen molar-refractivity contribution in [3.8, 4) is 0 Å². The van der Waals surface area contributed by atoms with Crippen LogP contribution in [0.5, 0.6) is 0 Å². The van der Waals surface area contributed by atoms with E-state index >= 15 is 0 Å². The predicted molar refractivity (Wildman–Crippen MR) is 96.8 cm³/mol. The Bertz CT molecular complexity index is 878. The smallest absolute Gasteiger partial charge is 0.246 e. The lowest BCUT2D eigenvalue weighted by Gasteiger charge is -2.34. The summed E-state index contributed by atoms with van der Waals surface area (Å²) in [5, 5.41) is 0. The first-order valence-electron chi connectivity index (χ1n) is 8.61. The summed E-state index contributed by atoms with van der Waals surface area (Å²) < 4.78 is 45.6. The fourth-order valence-corrected chi connectivity index (χ4v) is 4.51. The lowest BCUT2D eigenvalue weighted by atomic mass is 10.3. The Morgan fingerprint density at radius 2 is 1.85 bits per heavy atom. The van der Waals surface area contributed by atoms with Gasteiger partial charge in [0.05, 0.1) is 19.4 Å². The molecule has 0 N–H and O–H groups in total. The van der Waals surface area contributed by atoms with E-state index in [0.29, 0.717) is 6.54 Å². The van der Waals surface area contributed by atoms with Crippen LogP contribution in [-0.4, -0.2) is 68.2 Å². The van der Waals surface area contributed by atoms with Crippen LogP contribution in [0.4, 0.5) is 4.39 Å². The Morgan fingerprint density at radius 1 is 1.15 bits per heavy atom. The van der Waals surface area contributed by atoms with Crippen molar-refractivity contribution in [2.75, 3.05) is 39.8 Å². The first-order valence-corrected chi connectivity index (χ1v) is 10.1. The molecule has 0 aliphatic carbocycles. The van der Waals surface area contributed by atoms with Crippen molar-refractivity contribution >= 4 is 15.9 Å². The zero-order valence-electron chi connectivity index (χ0n) is 15.0. The fourth-order valence-electron chi connectivity index (χ4n) is 3.03. The van der Waals surface area contributed by atoms with Gasteiger partial charge in [-0.25, -0.2) is 12.8 Å². The monoisotopic (exact) mass is 395 g/mol. The van der Waals surface area contributed by atoms with Crippen molar-refractivity contribution in [1.82, 2.24) is 14.1 Å². The number of nitrogens with zero attached hydrogens (tertiary/aromatic N) is 3. The molecular formula is C18H22FN3O4S. The molecule has 0 atom stereocenters. The van der Waals surface area contributed by atoms with Crippen LogP contribution in [0.25, 0.3) is 0 Å². The minimum absolute atomic E-state index is 0.0769. The van der Waals surface area contributed by atoms with Crippen molar-refractivity contribution in [3.05, 3.63) is 54.2 Å². The van der Waals surface area contributed by atoms with Gasteiger partial charge >= 0.3 is 0 Å². The maximum absolute atomic E-state index is 13.9. The average molecular weight is 395 g/mol. The van der Waals surface area contributed by atoms with Crippen LogP contribution in [0, 0.1) is 5.82 Å². The summed E-state index contributed by atoms with van der Waals surface area (Å²) in [6.07, 6.45) is 1.58. The van der Waals surface area contributed by atoms with Crippen LogP contribution in [0.1, 0.15) is 5.76 Å². The molecule has 7 nitrogen and oxygen atoms in total.